The van der Waals surface area contributed by atoms with Gasteiger partial charge in [-0.1, -0.05) is 25.5 Å². The maximum atomic E-state index is 15.2. The number of halogens is 5. The summed E-state index contributed by atoms with van der Waals surface area (Å²) >= 11 is 0. The van der Waals surface area contributed by atoms with E-state index in [0.29, 0.717) is 12.8 Å². The summed E-state index contributed by atoms with van der Waals surface area (Å²) in [6.45, 7) is 1.96. The first-order valence-corrected chi connectivity index (χ1v) is 10.0. The van der Waals surface area contributed by atoms with Crippen LogP contribution in [0.3, 0.4) is 0 Å². The summed E-state index contributed by atoms with van der Waals surface area (Å²) in [5.74, 6) is -6.52. The third kappa shape index (κ3) is 4.50. The van der Waals surface area contributed by atoms with Gasteiger partial charge >= 0.3 is 5.97 Å². The smallest absolute Gasteiger partial charge is 0.335 e. The van der Waals surface area contributed by atoms with Crippen LogP contribution in [0.1, 0.15) is 48.5 Å². The lowest BCUT2D eigenvalue weighted by atomic mass is 9.76. The molecule has 162 valence electrons. The maximum absolute atomic E-state index is 15.2. The van der Waals surface area contributed by atoms with Crippen molar-refractivity contribution in [1.29, 1.82) is 0 Å². The first kappa shape index (κ1) is 22.2. The highest BCUT2D eigenvalue weighted by atomic mass is 19.2. The second-order valence-corrected chi connectivity index (χ2v) is 7.88. The highest BCUT2D eigenvalue weighted by Crippen LogP contribution is 2.38. The van der Waals surface area contributed by atoms with E-state index in [1.165, 1.54) is 18.2 Å². The van der Waals surface area contributed by atoms with E-state index in [1.807, 2.05) is 6.92 Å². The lowest BCUT2D eigenvalue weighted by molar-refractivity contribution is 0.0608. The lowest BCUT2D eigenvalue weighted by Crippen LogP contribution is -2.34. The monoisotopic (exact) mass is 426 g/mol. The van der Waals surface area contributed by atoms with E-state index in [4.69, 9.17) is 0 Å². The van der Waals surface area contributed by atoms with Crippen molar-refractivity contribution in [2.24, 2.45) is 11.8 Å². The Morgan fingerprint density at radius 2 is 1.83 bits per heavy atom. The van der Waals surface area contributed by atoms with E-state index >= 15 is 4.39 Å². The van der Waals surface area contributed by atoms with E-state index in [0.717, 1.165) is 18.6 Å². The Hall–Kier alpha value is -2.44. The highest BCUT2D eigenvalue weighted by Gasteiger charge is 2.36. The number of hydrogen-bond donors (Lipinski definition) is 1. The predicted molar refractivity (Wildman–Crippen MR) is 103 cm³/mol. The number of carbonyl (C=O) groups is 1. The van der Waals surface area contributed by atoms with Crippen molar-refractivity contribution in [3.63, 3.8) is 0 Å². The Labute approximate surface area is 171 Å². The Bertz CT molecular complexity index is 907. The maximum Gasteiger partial charge on any atom is 0.335 e. The predicted octanol–water partition coefficient (Wildman–Crippen LogP) is 6.51. The average Bonchev–Trinajstić information content (AvgIpc) is 2.71. The minimum Gasteiger partial charge on any atom is -0.478 e. The van der Waals surface area contributed by atoms with Crippen molar-refractivity contribution in [2.75, 3.05) is 0 Å². The van der Waals surface area contributed by atoms with Crippen LogP contribution in [-0.2, 0) is 6.42 Å². The van der Waals surface area contributed by atoms with Crippen molar-refractivity contribution < 1.29 is 31.9 Å². The lowest BCUT2D eigenvalue weighted by Gasteiger charge is -2.33. The second-order valence-electron chi connectivity index (χ2n) is 7.88. The van der Waals surface area contributed by atoms with Crippen LogP contribution in [0.25, 0.3) is 11.1 Å². The van der Waals surface area contributed by atoms with Crippen LogP contribution in [-0.4, -0.2) is 23.4 Å². The number of carboxylic acid groups (broad SMARTS) is 1. The summed E-state index contributed by atoms with van der Waals surface area (Å²) < 4.78 is 70.6. The quantitative estimate of drug-likeness (QED) is 0.422. The molecule has 2 aromatic rings. The van der Waals surface area contributed by atoms with E-state index < -0.39 is 48.1 Å². The fourth-order valence-electron chi connectivity index (χ4n) is 4.33. The first-order valence-electron chi connectivity index (χ1n) is 10.0. The zero-order chi connectivity index (χ0) is 22.0. The topological polar surface area (TPSA) is 37.3 Å². The first-order chi connectivity index (χ1) is 14.2. The molecule has 0 heterocycles. The molecule has 1 saturated carbocycles. The minimum absolute atomic E-state index is 0.00715. The summed E-state index contributed by atoms with van der Waals surface area (Å²) in [6, 6.07) is 5.48. The fraction of sp³-hybridized carbons (Fsp3) is 0.435. The summed E-state index contributed by atoms with van der Waals surface area (Å²) in [5, 5.41) is 9.53. The van der Waals surface area contributed by atoms with Crippen LogP contribution in [0.15, 0.2) is 30.3 Å². The second kappa shape index (κ2) is 9.14. The molecule has 0 spiro atoms. The third-order valence-corrected chi connectivity index (χ3v) is 6.07. The van der Waals surface area contributed by atoms with Gasteiger partial charge in [0.15, 0.2) is 17.5 Å². The molecule has 3 rings (SSSR count). The molecule has 0 bridgehead atoms. The number of aromatic carboxylic acids is 1. The highest BCUT2D eigenvalue weighted by molar-refractivity contribution is 5.92. The van der Waals surface area contributed by atoms with E-state index in [9.17, 15) is 27.5 Å². The molecule has 0 radical (unpaired) electrons. The molecule has 0 aliphatic heterocycles. The largest absolute Gasteiger partial charge is 0.478 e. The van der Waals surface area contributed by atoms with Crippen molar-refractivity contribution in [1.82, 2.24) is 0 Å². The molecular weight excluding hydrogens is 403 g/mol. The summed E-state index contributed by atoms with van der Waals surface area (Å²) in [5.41, 5.74) is -0.262. The van der Waals surface area contributed by atoms with Gasteiger partial charge in [-0.15, -0.1) is 0 Å². The molecule has 2 aromatic carbocycles. The molecule has 4 atom stereocenters. The van der Waals surface area contributed by atoms with Gasteiger partial charge in [0, 0.05) is 12.3 Å². The van der Waals surface area contributed by atoms with Crippen LogP contribution in [0.2, 0.25) is 0 Å². The summed E-state index contributed by atoms with van der Waals surface area (Å²) in [6.07, 6.45) is -1.27. The number of alkyl halides is 2. The van der Waals surface area contributed by atoms with Crippen molar-refractivity contribution in [3.8, 4) is 11.1 Å². The zero-order valence-corrected chi connectivity index (χ0v) is 16.5. The summed E-state index contributed by atoms with van der Waals surface area (Å²) in [4.78, 5) is 11.7. The van der Waals surface area contributed by atoms with Gasteiger partial charge in [0.2, 0.25) is 0 Å². The number of benzene rings is 2. The van der Waals surface area contributed by atoms with E-state index in [-0.39, 0.29) is 34.6 Å². The number of carboxylic acids is 1. The van der Waals surface area contributed by atoms with E-state index in [1.54, 1.807) is 0 Å². The van der Waals surface area contributed by atoms with E-state index in [2.05, 4.69) is 0 Å². The molecule has 0 amide bonds. The standard InChI is InChI=1S/C23H23F5O2/c1-2-12-6-7-16(18(24)8-12)19(25)11-17-14(4-3-5-15(17)23(29)30)13-9-20(26)22(28)21(27)10-13/h3-5,9-10,12,16,18-19H,2,6-8,11H2,1H3,(H,29,30)/t12-,16-,18?,19?/m0/s1. The van der Waals surface area contributed by atoms with Crippen LogP contribution in [0.5, 0.6) is 0 Å². The van der Waals surface area contributed by atoms with Crippen LogP contribution >= 0.6 is 0 Å². The Kier molecular flexibility index (Phi) is 6.78. The molecule has 0 aromatic heterocycles. The minimum atomic E-state index is -1.66. The third-order valence-electron chi connectivity index (χ3n) is 6.07. The van der Waals surface area contributed by atoms with Gasteiger partial charge in [-0.3, -0.25) is 0 Å². The molecule has 2 unspecified atom stereocenters. The normalized spacial score (nSPS) is 22.7. The van der Waals surface area contributed by atoms with Gasteiger partial charge in [-0.25, -0.2) is 26.7 Å². The van der Waals surface area contributed by atoms with Crippen LogP contribution in [0.4, 0.5) is 22.0 Å². The summed E-state index contributed by atoms with van der Waals surface area (Å²) in [7, 11) is 0. The molecule has 1 aliphatic carbocycles. The molecule has 2 nitrogen and oxygen atoms in total. The van der Waals surface area contributed by atoms with Gasteiger partial charge < -0.3 is 5.11 Å². The fourth-order valence-corrected chi connectivity index (χ4v) is 4.33. The van der Waals surface area contributed by atoms with Gasteiger partial charge in [0.25, 0.3) is 0 Å². The molecule has 0 saturated heterocycles. The van der Waals surface area contributed by atoms with Crippen molar-refractivity contribution in [2.45, 2.75) is 51.4 Å². The molecule has 1 aliphatic rings. The van der Waals surface area contributed by atoms with Gasteiger partial charge in [0.05, 0.1) is 5.56 Å². The molecule has 30 heavy (non-hydrogen) atoms. The Balaban J connectivity index is 1.98. The Morgan fingerprint density at radius 1 is 1.17 bits per heavy atom. The molecule has 7 heteroatoms. The van der Waals surface area contributed by atoms with Gasteiger partial charge in [-0.2, -0.15) is 0 Å². The van der Waals surface area contributed by atoms with Crippen molar-refractivity contribution >= 4 is 5.97 Å². The molecule has 1 fully saturated rings. The number of rotatable bonds is 6. The van der Waals surface area contributed by atoms with Gasteiger partial charge in [0.1, 0.15) is 12.3 Å². The van der Waals surface area contributed by atoms with Crippen molar-refractivity contribution in [3.05, 3.63) is 58.9 Å². The van der Waals surface area contributed by atoms with Crippen LogP contribution < -0.4 is 0 Å². The SMILES string of the molecule is CC[C@H]1CC[C@H](C(F)Cc2c(C(=O)O)cccc2-c2cc(F)c(F)c(F)c2)C(F)C1. The average molecular weight is 426 g/mol. The number of hydrogen-bond acceptors (Lipinski definition) is 1. The molecular formula is C23H23F5O2. The van der Waals surface area contributed by atoms with Gasteiger partial charge in [-0.05, 0) is 60.1 Å². The molecule has 1 N–H and O–H groups in total. The Morgan fingerprint density at radius 3 is 2.40 bits per heavy atom. The zero-order valence-electron chi connectivity index (χ0n) is 16.5. The van der Waals surface area contributed by atoms with Crippen LogP contribution in [0, 0.1) is 29.3 Å².